The van der Waals surface area contributed by atoms with Gasteiger partial charge in [-0.2, -0.15) is 5.10 Å². The molecule has 134 valence electrons. The van der Waals surface area contributed by atoms with Crippen LogP contribution in [0, 0.1) is 0 Å². The molecule has 3 heterocycles. The molecular weight excluding hydrogens is 350 g/mol. The van der Waals surface area contributed by atoms with Crippen LogP contribution in [0.15, 0.2) is 43.0 Å². The fourth-order valence-electron chi connectivity index (χ4n) is 3.25. The molecule has 3 aromatic rings. The van der Waals surface area contributed by atoms with Crippen molar-refractivity contribution in [2.75, 3.05) is 30.7 Å². The van der Waals surface area contributed by atoms with E-state index in [1.54, 1.807) is 17.1 Å². The number of rotatable bonds is 5. The number of benzene rings is 1. The van der Waals surface area contributed by atoms with E-state index in [4.69, 9.17) is 17.3 Å². The molecule has 0 aliphatic carbocycles. The van der Waals surface area contributed by atoms with Crippen molar-refractivity contribution in [3.63, 3.8) is 0 Å². The largest absolute Gasteiger partial charge is 0.393 e. The van der Waals surface area contributed by atoms with Gasteiger partial charge in [-0.05, 0) is 29.7 Å². The highest BCUT2D eigenvalue weighted by atomic mass is 35.5. The van der Waals surface area contributed by atoms with E-state index in [1.807, 2.05) is 18.2 Å². The number of nitrogen functional groups attached to an aromatic ring is 1. The van der Waals surface area contributed by atoms with Gasteiger partial charge in [-0.15, -0.1) is 0 Å². The Kier molecular flexibility index (Phi) is 4.73. The highest BCUT2D eigenvalue weighted by molar-refractivity contribution is 6.31. The molecule has 0 spiro atoms. The van der Waals surface area contributed by atoms with Crippen molar-refractivity contribution in [1.82, 2.24) is 24.6 Å². The summed E-state index contributed by atoms with van der Waals surface area (Å²) in [6.07, 6.45) is 5.97. The Morgan fingerprint density at radius 2 is 2.15 bits per heavy atom. The van der Waals surface area contributed by atoms with Crippen molar-refractivity contribution in [3.05, 3.63) is 59.1 Å². The Morgan fingerprint density at radius 3 is 3.00 bits per heavy atom. The molecule has 0 amide bonds. The SMILES string of the molecule is Nc1c(NCCN2CCc3c(Cl)cccc3C2)ncnc1-n1cccn1. The van der Waals surface area contributed by atoms with Gasteiger partial charge in [-0.25, -0.2) is 14.6 Å². The van der Waals surface area contributed by atoms with Crippen LogP contribution in [0.3, 0.4) is 0 Å². The maximum Gasteiger partial charge on any atom is 0.181 e. The highest BCUT2D eigenvalue weighted by Gasteiger charge is 2.18. The number of aromatic nitrogens is 4. The van der Waals surface area contributed by atoms with E-state index in [0.717, 1.165) is 37.6 Å². The van der Waals surface area contributed by atoms with Crippen molar-refractivity contribution in [3.8, 4) is 5.82 Å². The van der Waals surface area contributed by atoms with Crippen molar-refractivity contribution in [1.29, 1.82) is 0 Å². The lowest BCUT2D eigenvalue weighted by atomic mass is 10.00. The molecule has 8 heteroatoms. The number of anilines is 2. The topological polar surface area (TPSA) is 84.9 Å². The third-order valence-electron chi connectivity index (χ3n) is 4.59. The molecule has 0 unspecified atom stereocenters. The maximum atomic E-state index is 6.28. The molecule has 1 aliphatic heterocycles. The third kappa shape index (κ3) is 3.36. The van der Waals surface area contributed by atoms with Crippen molar-refractivity contribution < 1.29 is 0 Å². The van der Waals surface area contributed by atoms with Crippen molar-refractivity contribution in [2.45, 2.75) is 13.0 Å². The van der Waals surface area contributed by atoms with Gasteiger partial charge < -0.3 is 11.1 Å². The zero-order valence-corrected chi connectivity index (χ0v) is 15.0. The summed E-state index contributed by atoms with van der Waals surface area (Å²) in [7, 11) is 0. The third-order valence-corrected chi connectivity index (χ3v) is 4.95. The van der Waals surface area contributed by atoms with Gasteiger partial charge in [0.05, 0.1) is 0 Å². The monoisotopic (exact) mass is 369 g/mol. The Hall–Kier alpha value is -2.64. The zero-order valence-electron chi connectivity index (χ0n) is 14.3. The maximum absolute atomic E-state index is 6.28. The van der Waals surface area contributed by atoms with E-state index < -0.39 is 0 Å². The Morgan fingerprint density at radius 1 is 1.23 bits per heavy atom. The smallest absolute Gasteiger partial charge is 0.181 e. The van der Waals surface area contributed by atoms with E-state index >= 15 is 0 Å². The van der Waals surface area contributed by atoms with Gasteiger partial charge in [-0.1, -0.05) is 23.7 Å². The predicted octanol–water partition coefficient (Wildman–Crippen LogP) is 2.37. The summed E-state index contributed by atoms with van der Waals surface area (Å²) < 4.78 is 1.63. The number of hydrogen-bond acceptors (Lipinski definition) is 6. The summed E-state index contributed by atoms with van der Waals surface area (Å²) in [5.41, 5.74) is 9.28. The van der Waals surface area contributed by atoms with Gasteiger partial charge in [0.2, 0.25) is 0 Å². The summed E-state index contributed by atoms with van der Waals surface area (Å²) >= 11 is 6.28. The van der Waals surface area contributed by atoms with Gasteiger partial charge >= 0.3 is 0 Å². The lowest BCUT2D eigenvalue weighted by Gasteiger charge is -2.29. The van der Waals surface area contributed by atoms with Gasteiger partial charge in [-0.3, -0.25) is 4.90 Å². The minimum Gasteiger partial charge on any atom is -0.393 e. The first-order valence-corrected chi connectivity index (χ1v) is 8.93. The number of nitrogens with two attached hydrogens (primary N) is 1. The summed E-state index contributed by atoms with van der Waals surface area (Å²) in [5.74, 6) is 1.21. The van der Waals surface area contributed by atoms with Crippen LogP contribution in [0.1, 0.15) is 11.1 Å². The van der Waals surface area contributed by atoms with Crippen LogP contribution in [0.2, 0.25) is 5.02 Å². The second kappa shape index (κ2) is 7.31. The van der Waals surface area contributed by atoms with Gasteiger partial charge in [0.15, 0.2) is 11.6 Å². The van der Waals surface area contributed by atoms with Crippen molar-refractivity contribution in [2.24, 2.45) is 0 Å². The first-order valence-electron chi connectivity index (χ1n) is 8.55. The van der Waals surface area contributed by atoms with Gasteiger partial charge in [0.25, 0.3) is 0 Å². The first kappa shape index (κ1) is 16.8. The lowest BCUT2D eigenvalue weighted by molar-refractivity contribution is 0.264. The van der Waals surface area contributed by atoms with E-state index in [1.165, 1.54) is 17.5 Å². The molecule has 0 saturated carbocycles. The number of nitrogens with one attached hydrogen (secondary N) is 1. The van der Waals surface area contributed by atoms with E-state index in [2.05, 4.69) is 31.3 Å². The standard InChI is InChI=1S/C18H20ClN7/c19-15-4-1-3-13-11-25(9-5-14(13)15)10-7-21-17-16(20)18(23-12-22-17)26-8-2-6-24-26/h1-4,6,8,12H,5,7,9-11,20H2,(H,21,22,23). The molecular formula is C18H20ClN7. The second-order valence-corrected chi connectivity index (χ2v) is 6.65. The van der Waals surface area contributed by atoms with Crippen LogP contribution in [0.5, 0.6) is 0 Å². The molecule has 0 bridgehead atoms. The molecule has 1 aromatic carbocycles. The zero-order chi connectivity index (χ0) is 17.9. The normalized spacial score (nSPS) is 14.2. The molecule has 0 saturated heterocycles. The van der Waals surface area contributed by atoms with Crippen LogP contribution < -0.4 is 11.1 Å². The quantitative estimate of drug-likeness (QED) is 0.718. The van der Waals surface area contributed by atoms with Crippen LogP contribution in [0.25, 0.3) is 5.82 Å². The molecule has 2 aromatic heterocycles. The Labute approximate surface area is 156 Å². The van der Waals surface area contributed by atoms with Crippen LogP contribution in [-0.2, 0) is 13.0 Å². The second-order valence-electron chi connectivity index (χ2n) is 6.24. The number of nitrogens with zero attached hydrogens (tertiary/aromatic N) is 5. The summed E-state index contributed by atoms with van der Waals surface area (Å²) in [6, 6.07) is 7.96. The molecule has 7 nitrogen and oxygen atoms in total. The fourth-order valence-corrected chi connectivity index (χ4v) is 3.54. The number of hydrogen-bond donors (Lipinski definition) is 2. The lowest BCUT2D eigenvalue weighted by Crippen LogP contribution is -2.34. The average Bonchev–Trinajstić information content (AvgIpc) is 3.18. The van der Waals surface area contributed by atoms with Gasteiger partial charge in [0, 0.05) is 43.6 Å². The molecule has 1 aliphatic rings. The minimum absolute atomic E-state index is 0.493. The Balaban J connectivity index is 1.38. The number of fused-ring (bicyclic) bond motifs is 1. The highest BCUT2D eigenvalue weighted by Crippen LogP contribution is 2.26. The summed E-state index contributed by atoms with van der Waals surface area (Å²) in [5, 5.41) is 8.36. The molecule has 0 atom stereocenters. The van der Waals surface area contributed by atoms with Gasteiger partial charge in [0.1, 0.15) is 12.0 Å². The minimum atomic E-state index is 0.493. The summed E-state index contributed by atoms with van der Waals surface area (Å²) in [6.45, 7) is 3.55. The predicted molar refractivity (Wildman–Crippen MR) is 102 cm³/mol. The van der Waals surface area contributed by atoms with Crippen LogP contribution >= 0.6 is 11.6 Å². The van der Waals surface area contributed by atoms with Crippen molar-refractivity contribution >= 4 is 23.1 Å². The van der Waals surface area contributed by atoms with Crippen LogP contribution in [-0.4, -0.2) is 44.3 Å². The van der Waals surface area contributed by atoms with E-state index in [9.17, 15) is 0 Å². The summed E-state index contributed by atoms with van der Waals surface area (Å²) in [4.78, 5) is 10.9. The molecule has 3 N–H and O–H groups in total. The van der Waals surface area contributed by atoms with E-state index in [0.29, 0.717) is 17.3 Å². The molecule has 0 fully saturated rings. The first-order chi connectivity index (χ1) is 12.7. The average molecular weight is 370 g/mol. The fraction of sp³-hybridized carbons (Fsp3) is 0.278. The number of halogens is 1. The Bertz CT molecular complexity index is 895. The van der Waals surface area contributed by atoms with Crippen LogP contribution in [0.4, 0.5) is 11.5 Å². The molecule has 0 radical (unpaired) electrons. The molecule has 26 heavy (non-hydrogen) atoms. The molecule has 4 rings (SSSR count). The van der Waals surface area contributed by atoms with E-state index in [-0.39, 0.29) is 0 Å².